The summed E-state index contributed by atoms with van der Waals surface area (Å²) in [6.45, 7) is 5.64. The third kappa shape index (κ3) is 2.51. The Kier molecular flexibility index (Phi) is 5.16. The first-order valence-corrected chi connectivity index (χ1v) is 7.50. The van der Waals surface area contributed by atoms with Crippen molar-refractivity contribution in [2.24, 2.45) is 0 Å². The number of fused-ring (bicyclic) bond motifs is 2. The number of hydrogen-bond acceptors (Lipinski definition) is 2. The summed E-state index contributed by atoms with van der Waals surface area (Å²) in [4.78, 5) is 25.6. The monoisotopic (exact) mass is 410 g/mol. The zero-order valence-corrected chi connectivity index (χ0v) is 15.0. The number of hydrogen-bond donors (Lipinski definition) is 0. The van der Waals surface area contributed by atoms with Gasteiger partial charge in [-0.1, -0.05) is 38.1 Å². The van der Waals surface area contributed by atoms with Gasteiger partial charge in [0.05, 0.1) is 13.1 Å². The topological polar surface area (TPSA) is 43.0 Å². The number of rotatable bonds is 4. The third-order valence-corrected chi connectivity index (χ3v) is 3.85. The molecule has 0 fully saturated rings. The predicted octanol–water partition coefficient (Wildman–Crippen LogP) is -0.625. The van der Waals surface area contributed by atoms with Crippen molar-refractivity contribution in [1.29, 1.82) is 0 Å². The highest BCUT2D eigenvalue weighted by Crippen LogP contribution is 2.25. The van der Waals surface area contributed by atoms with Crippen molar-refractivity contribution in [3.8, 4) is 0 Å². The quantitative estimate of drug-likeness (QED) is 0.425. The predicted molar refractivity (Wildman–Crippen MR) is 78.5 cm³/mol. The van der Waals surface area contributed by atoms with E-state index in [1.807, 2.05) is 27.6 Å². The fourth-order valence-electron chi connectivity index (χ4n) is 2.99. The van der Waals surface area contributed by atoms with Crippen molar-refractivity contribution in [2.45, 2.75) is 39.8 Å². The number of halogens is 1. The van der Waals surface area contributed by atoms with Crippen molar-refractivity contribution < 1.29 is 38.1 Å². The Bertz CT molecular complexity index is 675. The highest BCUT2D eigenvalue weighted by Gasteiger charge is 2.40. The van der Waals surface area contributed by atoms with Crippen LogP contribution in [0, 0.1) is 0 Å². The summed E-state index contributed by atoms with van der Waals surface area (Å²) in [6, 6.07) is 7.10. The zero-order chi connectivity index (χ0) is 15.0. The van der Waals surface area contributed by atoms with Gasteiger partial charge in [0, 0.05) is 11.1 Å². The minimum Gasteiger partial charge on any atom is -1.00 e. The van der Waals surface area contributed by atoms with Crippen LogP contribution < -0.4 is 28.5 Å². The van der Waals surface area contributed by atoms with Gasteiger partial charge in [-0.15, -0.1) is 0 Å². The van der Waals surface area contributed by atoms with Crippen LogP contribution in [0.3, 0.4) is 0 Å². The van der Waals surface area contributed by atoms with Crippen LogP contribution in [0.5, 0.6) is 0 Å². The highest BCUT2D eigenvalue weighted by atomic mass is 127. The number of carbonyl (C=O) groups is 2. The fourth-order valence-corrected chi connectivity index (χ4v) is 2.99. The second-order valence-electron chi connectivity index (χ2n) is 5.40. The summed E-state index contributed by atoms with van der Waals surface area (Å²) in [6.07, 6.45) is 3.77. The van der Waals surface area contributed by atoms with Crippen molar-refractivity contribution in [3.63, 3.8) is 0 Å². The molecule has 5 heteroatoms. The van der Waals surface area contributed by atoms with Gasteiger partial charge in [-0.3, -0.25) is 9.59 Å². The zero-order valence-electron chi connectivity index (χ0n) is 12.8. The molecule has 4 nitrogen and oxygen atoms in total. The minimum atomic E-state index is -0.0384. The largest absolute Gasteiger partial charge is 1.00 e. The van der Waals surface area contributed by atoms with Gasteiger partial charge in [0.2, 0.25) is 29.3 Å². The Labute approximate surface area is 147 Å². The van der Waals surface area contributed by atoms with Crippen LogP contribution in [0.2, 0.25) is 0 Å². The molecule has 0 atom stereocenters. The van der Waals surface area contributed by atoms with E-state index in [1.165, 1.54) is 0 Å². The standard InChI is InChI=1S/C17H19N2O2.HI/c1-3-9-18-11-19(10-4-2)15-14(18)16(20)12-7-5-6-8-13(12)17(15)21;/h5-8,11H,3-4,9-10H2,1-2H3;1H/q+1;/p-1. The van der Waals surface area contributed by atoms with Crippen LogP contribution in [-0.2, 0) is 13.1 Å². The number of imidazole rings is 1. The molecule has 22 heavy (non-hydrogen) atoms. The van der Waals surface area contributed by atoms with Gasteiger partial charge in [-0.2, -0.15) is 0 Å². The van der Waals surface area contributed by atoms with Gasteiger partial charge < -0.3 is 24.0 Å². The lowest BCUT2D eigenvalue weighted by Crippen LogP contribution is -3.00. The van der Waals surface area contributed by atoms with Gasteiger partial charge in [0.25, 0.3) is 0 Å². The van der Waals surface area contributed by atoms with E-state index in [1.54, 1.807) is 12.1 Å². The lowest BCUT2D eigenvalue weighted by Gasteiger charge is -2.12. The number of ketones is 2. The van der Waals surface area contributed by atoms with E-state index >= 15 is 0 Å². The molecule has 1 aliphatic rings. The van der Waals surface area contributed by atoms with Crippen molar-refractivity contribution in [3.05, 3.63) is 53.1 Å². The average Bonchev–Trinajstić information content (AvgIpc) is 2.84. The molecule has 3 rings (SSSR count). The molecule has 1 aromatic carbocycles. The maximum absolute atomic E-state index is 12.8. The number of carbonyl (C=O) groups excluding carboxylic acids is 2. The number of nitrogens with zero attached hydrogens (tertiary/aromatic N) is 2. The fraction of sp³-hybridized carbons (Fsp3) is 0.353. The van der Waals surface area contributed by atoms with E-state index < -0.39 is 0 Å². The first kappa shape index (κ1) is 16.9. The Morgan fingerprint density at radius 1 is 1.00 bits per heavy atom. The van der Waals surface area contributed by atoms with Gasteiger partial charge in [0.1, 0.15) is 0 Å². The minimum absolute atomic E-state index is 0. The molecule has 0 saturated heterocycles. The number of benzene rings is 1. The van der Waals surface area contributed by atoms with Crippen LogP contribution in [0.4, 0.5) is 0 Å². The van der Waals surface area contributed by atoms with Crippen LogP contribution in [0.1, 0.15) is 58.8 Å². The normalized spacial score (nSPS) is 12.6. The van der Waals surface area contributed by atoms with Crippen LogP contribution in [0.25, 0.3) is 0 Å². The number of aryl methyl sites for hydroxylation is 2. The molecular formula is C17H19IN2O2. The average molecular weight is 410 g/mol. The maximum atomic E-state index is 12.8. The van der Waals surface area contributed by atoms with Gasteiger partial charge in [0.15, 0.2) is 0 Å². The molecule has 0 N–H and O–H groups in total. The molecule has 0 aliphatic heterocycles. The van der Waals surface area contributed by atoms with E-state index in [-0.39, 0.29) is 35.5 Å². The van der Waals surface area contributed by atoms with E-state index in [0.717, 1.165) is 25.9 Å². The van der Waals surface area contributed by atoms with Crippen molar-refractivity contribution in [1.82, 2.24) is 4.57 Å². The van der Waals surface area contributed by atoms with Crippen LogP contribution in [-0.4, -0.2) is 16.1 Å². The summed E-state index contributed by atoms with van der Waals surface area (Å²) in [5.74, 6) is -0.0768. The summed E-state index contributed by atoms with van der Waals surface area (Å²) < 4.78 is 3.86. The first-order valence-electron chi connectivity index (χ1n) is 7.50. The SMILES string of the molecule is CCCn1c[n+](CCC)c2c1C(=O)c1ccccc1C2=O.[I-]. The summed E-state index contributed by atoms with van der Waals surface area (Å²) in [7, 11) is 0. The van der Waals surface area contributed by atoms with Crippen LogP contribution >= 0.6 is 0 Å². The molecule has 1 heterocycles. The van der Waals surface area contributed by atoms with Crippen molar-refractivity contribution >= 4 is 11.6 Å². The molecule has 1 aliphatic carbocycles. The van der Waals surface area contributed by atoms with Gasteiger partial charge in [-0.25, -0.2) is 9.13 Å². The molecule has 0 amide bonds. The van der Waals surface area contributed by atoms with Gasteiger partial charge >= 0.3 is 0 Å². The molecular weight excluding hydrogens is 391 g/mol. The molecule has 0 unspecified atom stereocenters. The lowest BCUT2D eigenvalue weighted by atomic mass is 9.90. The van der Waals surface area contributed by atoms with Crippen LogP contribution in [0.15, 0.2) is 30.6 Å². The van der Waals surface area contributed by atoms with E-state index in [0.29, 0.717) is 22.5 Å². The summed E-state index contributed by atoms with van der Waals surface area (Å²) in [5, 5.41) is 0. The highest BCUT2D eigenvalue weighted by molar-refractivity contribution is 6.26. The summed E-state index contributed by atoms with van der Waals surface area (Å²) in [5.41, 5.74) is 2.14. The molecule has 0 saturated carbocycles. The molecule has 1 aromatic heterocycles. The second-order valence-corrected chi connectivity index (χ2v) is 5.40. The van der Waals surface area contributed by atoms with Gasteiger partial charge in [-0.05, 0) is 12.8 Å². The lowest BCUT2D eigenvalue weighted by molar-refractivity contribution is -0.698. The number of aromatic nitrogens is 2. The molecule has 0 spiro atoms. The van der Waals surface area contributed by atoms with E-state index in [2.05, 4.69) is 13.8 Å². The van der Waals surface area contributed by atoms with Crippen molar-refractivity contribution in [2.75, 3.05) is 0 Å². The Hall–Kier alpha value is -1.50. The molecule has 0 radical (unpaired) electrons. The second kappa shape index (κ2) is 6.73. The maximum Gasteiger partial charge on any atom is 0.244 e. The van der Waals surface area contributed by atoms with E-state index in [4.69, 9.17) is 0 Å². The Morgan fingerprint density at radius 3 is 2.23 bits per heavy atom. The molecule has 2 aromatic rings. The Morgan fingerprint density at radius 2 is 1.64 bits per heavy atom. The first-order chi connectivity index (χ1) is 10.2. The Balaban J connectivity index is 0.00000176. The summed E-state index contributed by atoms with van der Waals surface area (Å²) >= 11 is 0. The molecule has 0 bridgehead atoms. The van der Waals surface area contributed by atoms with E-state index in [9.17, 15) is 9.59 Å². The molecule has 116 valence electrons. The third-order valence-electron chi connectivity index (χ3n) is 3.85. The smallest absolute Gasteiger partial charge is 0.244 e.